The normalized spacial score (nSPS) is 16.8. The summed E-state index contributed by atoms with van der Waals surface area (Å²) in [5, 5.41) is 12.3. The number of nitriles is 1. The molecule has 4 aromatic rings. The van der Waals surface area contributed by atoms with Gasteiger partial charge >= 0.3 is 0 Å². The Bertz CT molecular complexity index is 1360. The van der Waals surface area contributed by atoms with Crippen LogP contribution in [0.1, 0.15) is 17.0 Å². The smallest absolute Gasteiger partial charge is 0.231 e. The van der Waals surface area contributed by atoms with Gasteiger partial charge in [0, 0.05) is 23.3 Å². The molecule has 0 aliphatic carbocycles. The number of hydrogen-bond acceptors (Lipinski definition) is 4. The number of benzene rings is 3. The van der Waals surface area contributed by atoms with Crippen molar-refractivity contribution in [2.45, 2.75) is 5.92 Å². The second-order valence-electron chi connectivity index (χ2n) is 7.27. The number of nitrogens with zero attached hydrogens (tertiary/aromatic N) is 2. The van der Waals surface area contributed by atoms with Gasteiger partial charge in [0.05, 0.1) is 5.92 Å². The van der Waals surface area contributed by atoms with E-state index >= 15 is 0 Å². The third-order valence-electron chi connectivity index (χ3n) is 5.63. The summed E-state index contributed by atoms with van der Waals surface area (Å²) >= 11 is 0. The molecule has 0 fully saturated rings. The fraction of sp³-hybridized carbons (Fsp3) is 0.0800. The third kappa shape index (κ3) is 2.41. The topological polar surface area (TPSA) is 56.4 Å². The van der Waals surface area contributed by atoms with Gasteiger partial charge in [0.1, 0.15) is 17.4 Å². The van der Waals surface area contributed by atoms with E-state index in [1.807, 2.05) is 59.4 Å². The summed E-state index contributed by atoms with van der Waals surface area (Å²) in [6.07, 6.45) is 3.78. The van der Waals surface area contributed by atoms with Gasteiger partial charge in [-0.05, 0) is 35.2 Å². The van der Waals surface area contributed by atoms with Crippen molar-refractivity contribution in [1.29, 1.82) is 5.26 Å². The third-order valence-corrected chi connectivity index (χ3v) is 5.63. The standard InChI is InChI=1S/C25H16N2O3/c26-14-20-23(17-8-10-21-22(13-17)29-15-28-21)19-9-7-16-5-1-2-6-18(16)24(19)30-25(20)27-11-3-4-12-27/h1-13,23H,15H2. The van der Waals surface area contributed by atoms with Crippen molar-refractivity contribution < 1.29 is 14.2 Å². The van der Waals surface area contributed by atoms with E-state index in [4.69, 9.17) is 14.2 Å². The van der Waals surface area contributed by atoms with E-state index in [-0.39, 0.29) is 12.7 Å². The van der Waals surface area contributed by atoms with Gasteiger partial charge in [-0.3, -0.25) is 4.57 Å². The Balaban J connectivity index is 1.64. The Morgan fingerprint density at radius 2 is 1.73 bits per heavy atom. The lowest BCUT2D eigenvalue weighted by Gasteiger charge is -2.29. The fourth-order valence-corrected chi connectivity index (χ4v) is 4.24. The number of allylic oxidation sites excluding steroid dienone is 1. The van der Waals surface area contributed by atoms with Crippen LogP contribution in [-0.4, -0.2) is 11.4 Å². The fourth-order valence-electron chi connectivity index (χ4n) is 4.24. The first-order chi connectivity index (χ1) is 14.8. The van der Waals surface area contributed by atoms with E-state index < -0.39 is 0 Å². The molecule has 1 aromatic heterocycles. The molecular weight excluding hydrogens is 376 g/mol. The molecule has 0 bridgehead atoms. The zero-order valence-electron chi connectivity index (χ0n) is 15.9. The Morgan fingerprint density at radius 3 is 2.60 bits per heavy atom. The largest absolute Gasteiger partial charge is 0.454 e. The minimum atomic E-state index is -0.282. The maximum Gasteiger partial charge on any atom is 0.231 e. The number of fused-ring (bicyclic) bond motifs is 4. The maximum absolute atomic E-state index is 10.2. The van der Waals surface area contributed by atoms with E-state index in [1.165, 1.54) is 0 Å². The van der Waals surface area contributed by atoms with E-state index in [0.29, 0.717) is 17.2 Å². The molecule has 30 heavy (non-hydrogen) atoms. The van der Waals surface area contributed by atoms with Crippen molar-refractivity contribution in [3.63, 3.8) is 0 Å². The molecule has 0 saturated heterocycles. The second-order valence-corrected chi connectivity index (χ2v) is 7.27. The average Bonchev–Trinajstić information content (AvgIpc) is 3.49. The van der Waals surface area contributed by atoms with E-state index in [9.17, 15) is 5.26 Å². The minimum Gasteiger partial charge on any atom is -0.454 e. The first-order valence-electron chi connectivity index (χ1n) is 9.70. The molecule has 2 aliphatic heterocycles. The van der Waals surface area contributed by atoms with Gasteiger partial charge in [-0.2, -0.15) is 5.26 Å². The van der Waals surface area contributed by atoms with Crippen molar-refractivity contribution in [2.24, 2.45) is 0 Å². The van der Waals surface area contributed by atoms with Crippen LogP contribution in [0.15, 0.2) is 84.7 Å². The Labute approximate surface area is 173 Å². The Morgan fingerprint density at radius 1 is 0.900 bits per heavy atom. The van der Waals surface area contributed by atoms with Crippen LogP contribution in [0.25, 0.3) is 16.7 Å². The van der Waals surface area contributed by atoms with Gasteiger partial charge < -0.3 is 14.2 Å². The van der Waals surface area contributed by atoms with Crippen LogP contribution in [0.4, 0.5) is 0 Å². The molecule has 1 unspecified atom stereocenters. The molecule has 144 valence electrons. The van der Waals surface area contributed by atoms with Crippen LogP contribution < -0.4 is 14.2 Å². The van der Waals surface area contributed by atoms with E-state index in [0.717, 1.165) is 33.4 Å². The number of hydrogen-bond donors (Lipinski definition) is 0. The number of ether oxygens (including phenoxy) is 3. The molecule has 0 radical (unpaired) electrons. The predicted octanol–water partition coefficient (Wildman–Crippen LogP) is 5.29. The van der Waals surface area contributed by atoms with E-state index in [2.05, 4.69) is 30.3 Å². The zero-order chi connectivity index (χ0) is 20.1. The Kier molecular flexibility index (Phi) is 3.59. The summed E-state index contributed by atoms with van der Waals surface area (Å²) in [5.74, 6) is 2.43. The Hall–Kier alpha value is -4.17. The van der Waals surface area contributed by atoms with Crippen molar-refractivity contribution in [1.82, 2.24) is 4.57 Å². The molecule has 0 N–H and O–H groups in total. The lowest BCUT2D eigenvalue weighted by molar-refractivity contribution is 0.174. The summed E-state index contributed by atoms with van der Waals surface area (Å²) < 4.78 is 19.3. The van der Waals surface area contributed by atoms with Gasteiger partial charge in [-0.1, -0.05) is 42.5 Å². The van der Waals surface area contributed by atoms with Gasteiger partial charge in [0.2, 0.25) is 12.7 Å². The van der Waals surface area contributed by atoms with Crippen molar-refractivity contribution >= 4 is 16.7 Å². The summed E-state index contributed by atoms with van der Waals surface area (Å²) in [5.41, 5.74) is 2.47. The highest BCUT2D eigenvalue weighted by Gasteiger charge is 2.34. The minimum absolute atomic E-state index is 0.212. The van der Waals surface area contributed by atoms with Gasteiger partial charge in [0.25, 0.3) is 0 Å². The lowest BCUT2D eigenvalue weighted by Crippen LogP contribution is -2.18. The molecule has 3 heterocycles. The highest BCUT2D eigenvalue weighted by molar-refractivity contribution is 5.92. The molecule has 5 nitrogen and oxygen atoms in total. The zero-order valence-corrected chi connectivity index (χ0v) is 15.9. The maximum atomic E-state index is 10.2. The molecule has 2 aliphatic rings. The van der Waals surface area contributed by atoms with Crippen molar-refractivity contribution in [3.05, 3.63) is 95.8 Å². The monoisotopic (exact) mass is 392 g/mol. The highest BCUT2D eigenvalue weighted by Crippen LogP contribution is 2.48. The molecule has 0 spiro atoms. The lowest BCUT2D eigenvalue weighted by atomic mass is 9.82. The van der Waals surface area contributed by atoms with Crippen LogP contribution in [-0.2, 0) is 0 Å². The number of aromatic nitrogens is 1. The molecule has 0 saturated carbocycles. The number of rotatable bonds is 2. The molecule has 1 atom stereocenters. The molecule has 0 amide bonds. The van der Waals surface area contributed by atoms with Gasteiger partial charge in [-0.25, -0.2) is 0 Å². The van der Waals surface area contributed by atoms with E-state index in [1.54, 1.807) is 0 Å². The van der Waals surface area contributed by atoms with Gasteiger partial charge in [0.15, 0.2) is 11.5 Å². The predicted molar refractivity (Wildman–Crippen MR) is 112 cm³/mol. The average molecular weight is 392 g/mol. The first kappa shape index (κ1) is 16.8. The van der Waals surface area contributed by atoms with Gasteiger partial charge in [-0.15, -0.1) is 0 Å². The second kappa shape index (κ2) is 6.43. The van der Waals surface area contributed by atoms with Crippen LogP contribution in [0.3, 0.4) is 0 Å². The van der Waals surface area contributed by atoms with Crippen molar-refractivity contribution in [3.8, 4) is 23.3 Å². The van der Waals surface area contributed by atoms with Crippen LogP contribution in [0.2, 0.25) is 0 Å². The molecular formula is C25H16N2O3. The molecule has 6 rings (SSSR count). The van der Waals surface area contributed by atoms with Crippen LogP contribution in [0.5, 0.6) is 17.2 Å². The molecule has 3 aromatic carbocycles. The first-order valence-corrected chi connectivity index (χ1v) is 9.70. The van der Waals surface area contributed by atoms with Crippen LogP contribution in [0, 0.1) is 11.3 Å². The SMILES string of the molecule is N#CC1=C(n2cccc2)Oc2c(ccc3ccccc23)C1c1ccc2c(c1)OCO2. The summed E-state index contributed by atoms with van der Waals surface area (Å²) in [6, 6.07) is 24.3. The quantitative estimate of drug-likeness (QED) is 0.465. The highest BCUT2D eigenvalue weighted by atomic mass is 16.7. The summed E-state index contributed by atoms with van der Waals surface area (Å²) in [7, 11) is 0. The summed E-state index contributed by atoms with van der Waals surface area (Å²) in [4.78, 5) is 0. The van der Waals surface area contributed by atoms with Crippen molar-refractivity contribution in [2.75, 3.05) is 6.79 Å². The van der Waals surface area contributed by atoms with Crippen LogP contribution >= 0.6 is 0 Å². The molecule has 5 heteroatoms. The summed E-state index contributed by atoms with van der Waals surface area (Å²) in [6.45, 7) is 0.212.